The quantitative estimate of drug-likeness (QED) is 0.540. The van der Waals surface area contributed by atoms with Crippen LogP contribution in [0.25, 0.3) is 10.8 Å². The van der Waals surface area contributed by atoms with Gasteiger partial charge >= 0.3 is 0 Å². The molecule has 0 radical (unpaired) electrons. The zero-order valence-corrected chi connectivity index (χ0v) is 13.1. The van der Waals surface area contributed by atoms with E-state index in [1.807, 2.05) is 30.3 Å². The van der Waals surface area contributed by atoms with Gasteiger partial charge in [-0.1, -0.05) is 51.8 Å². The van der Waals surface area contributed by atoms with E-state index in [-0.39, 0.29) is 10.8 Å². The number of hydrogen-bond donors (Lipinski definition) is 0. The van der Waals surface area contributed by atoms with Gasteiger partial charge in [-0.3, -0.25) is 4.79 Å². The highest BCUT2D eigenvalue weighted by Gasteiger charge is 2.15. The molecule has 104 valence electrons. The molecule has 0 heterocycles. The van der Waals surface area contributed by atoms with Crippen molar-refractivity contribution in [3.63, 3.8) is 0 Å². The molecule has 3 aromatic carbocycles. The van der Waals surface area contributed by atoms with Gasteiger partial charge < -0.3 is 0 Å². The van der Waals surface area contributed by atoms with E-state index >= 15 is 0 Å². The molecular formula is C17H9BrClFO. The van der Waals surface area contributed by atoms with E-state index in [4.69, 9.17) is 11.6 Å². The third kappa shape index (κ3) is 2.59. The Morgan fingerprint density at radius 3 is 2.43 bits per heavy atom. The second-order valence-corrected chi connectivity index (χ2v) is 5.86. The van der Waals surface area contributed by atoms with Crippen molar-refractivity contribution in [1.29, 1.82) is 0 Å². The number of fused-ring (bicyclic) bond motifs is 1. The van der Waals surface area contributed by atoms with Crippen LogP contribution in [0.3, 0.4) is 0 Å². The second-order valence-electron chi connectivity index (χ2n) is 4.60. The van der Waals surface area contributed by atoms with Crippen molar-refractivity contribution in [2.24, 2.45) is 0 Å². The first-order valence-corrected chi connectivity index (χ1v) is 7.42. The largest absolute Gasteiger partial charge is 0.289 e. The van der Waals surface area contributed by atoms with Crippen molar-refractivity contribution in [2.75, 3.05) is 0 Å². The number of halogens is 3. The van der Waals surface area contributed by atoms with Gasteiger partial charge in [0.2, 0.25) is 0 Å². The summed E-state index contributed by atoms with van der Waals surface area (Å²) in [4.78, 5) is 12.6. The van der Waals surface area contributed by atoms with E-state index in [2.05, 4.69) is 15.9 Å². The minimum atomic E-state index is -0.533. The second kappa shape index (κ2) is 5.58. The van der Waals surface area contributed by atoms with Gasteiger partial charge in [0.1, 0.15) is 5.82 Å². The molecule has 0 aliphatic heterocycles. The number of benzene rings is 3. The van der Waals surface area contributed by atoms with Crippen LogP contribution in [0.4, 0.5) is 4.39 Å². The number of ketones is 1. The van der Waals surface area contributed by atoms with Gasteiger partial charge in [0.15, 0.2) is 5.78 Å². The molecule has 3 aromatic rings. The fourth-order valence-corrected chi connectivity index (χ4v) is 2.91. The van der Waals surface area contributed by atoms with Crippen molar-refractivity contribution in [1.82, 2.24) is 0 Å². The van der Waals surface area contributed by atoms with Crippen LogP contribution in [0, 0.1) is 5.82 Å². The smallest absolute Gasteiger partial charge is 0.193 e. The van der Waals surface area contributed by atoms with E-state index in [1.54, 1.807) is 6.07 Å². The summed E-state index contributed by atoms with van der Waals surface area (Å²) in [5.74, 6) is -0.713. The minimum Gasteiger partial charge on any atom is -0.289 e. The maximum Gasteiger partial charge on any atom is 0.193 e. The first-order chi connectivity index (χ1) is 10.1. The molecule has 1 nitrogen and oxygen atoms in total. The Hall–Kier alpha value is -1.71. The Morgan fingerprint density at radius 2 is 1.71 bits per heavy atom. The Balaban J connectivity index is 2.18. The van der Waals surface area contributed by atoms with Gasteiger partial charge in [0, 0.05) is 15.6 Å². The Kier molecular flexibility index (Phi) is 3.79. The van der Waals surface area contributed by atoms with Gasteiger partial charge in [0.25, 0.3) is 0 Å². The van der Waals surface area contributed by atoms with Crippen molar-refractivity contribution in [3.8, 4) is 0 Å². The topological polar surface area (TPSA) is 17.1 Å². The highest BCUT2D eigenvalue weighted by atomic mass is 79.9. The van der Waals surface area contributed by atoms with Gasteiger partial charge in [0.05, 0.1) is 5.02 Å². The molecule has 0 fully saturated rings. The fourth-order valence-electron chi connectivity index (χ4n) is 2.25. The van der Waals surface area contributed by atoms with E-state index in [0.717, 1.165) is 15.2 Å². The van der Waals surface area contributed by atoms with Crippen molar-refractivity contribution in [3.05, 3.63) is 81.0 Å². The van der Waals surface area contributed by atoms with Crippen LogP contribution < -0.4 is 0 Å². The predicted octanol–water partition coefficient (Wildman–Crippen LogP) is 5.63. The molecule has 21 heavy (non-hydrogen) atoms. The lowest BCUT2D eigenvalue weighted by Gasteiger charge is -2.08. The van der Waals surface area contributed by atoms with Gasteiger partial charge in [-0.15, -0.1) is 0 Å². The monoisotopic (exact) mass is 362 g/mol. The SMILES string of the molecule is O=C(c1ccc(F)c(Cl)c1)c1ccc(Br)c2ccccc12. The summed E-state index contributed by atoms with van der Waals surface area (Å²) in [7, 11) is 0. The molecule has 0 bridgehead atoms. The highest BCUT2D eigenvalue weighted by Crippen LogP contribution is 2.29. The third-order valence-electron chi connectivity index (χ3n) is 3.30. The normalized spacial score (nSPS) is 10.8. The summed E-state index contributed by atoms with van der Waals surface area (Å²) in [5, 5.41) is 1.75. The average Bonchev–Trinajstić information content (AvgIpc) is 2.50. The van der Waals surface area contributed by atoms with Crippen LogP contribution in [0.2, 0.25) is 5.02 Å². The van der Waals surface area contributed by atoms with Crippen LogP contribution in [0.5, 0.6) is 0 Å². The number of rotatable bonds is 2. The number of carbonyl (C=O) groups excluding carboxylic acids is 1. The van der Waals surface area contributed by atoms with E-state index < -0.39 is 5.82 Å². The van der Waals surface area contributed by atoms with Crippen LogP contribution in [0.1, 0.15) is 15.9 Å². The van der Waals surface area contributed by atoms with Crippen LogP contribution >= 0.6 is 27.5 Å². The zero-order chi connectivity index (χ0) is 15.0. The summed E-state index contributed by atoms with van der Waals surface area (Å²) in [6.07, 6.45) is 0. The van der Waals surface area contributed by atoms with Crippen molar-refractivity contribution >= 4 is 44.1 Å². The number of hydrogen-bond acceptors (Lipinski definition) is 1. The Labute approximate surface area is 134 Å². The zero-order valence-electron chi connectivity index (χ0n) is 10.7. The lowest BCUT2D eigenvalue weighted by atomic mass is 9.97. The van der Waals surface area contributed by atoms with E-state index in [9.17, 15) is 9.18 Å². The molecule has 3 rings (SSSR count). The standard InChI is InChI=1S/C17H9BrClFO/c18-14-7-6-13(11-3-1-2-4-12(11)14)17(21)10-5-8-16(20)15(19)9-10/h1-9H. The summed E-state index contributed by atoms with van der Waals surface area (Å²) < 4.78 is 14.1. The lowest BCUT2D eigenvalue weighted by molar-refractivity contribution is 0.104. The first-order valence-electron chi connectivity index (χ1n) is 6.25. The molecule has 0 saturated carbocycles. The molecule has 0 unspecified atom stereocenters. The molecular weight excluding hydrogens is 355 g/mol. The van der Waals surface area contributed by atoms with Crippen molar-refractivity contribution in [2.45, 2.75) is 0 Å². The highest BCUT2D eigenvalue weighted by molar-refractivity contribution is 9.10. The van der Waals surface area contributed by atoms with E-state index in [1.165, 1.54) is 18.2 Å². The molecule has 0 amide bonds. The van der Waals surface area contributed by atoms with Crippen molar-refractivity contribution < 1.29 is 9.18 Å². The van der Waals surface area contributed by atoms with Gasteiger partial charge in [-0.05, 0) is 41.1 Å². The molecule has 0 N–H and O–H groups in total. The summed E-state index contributed by atoms with van der Waals surface area (Å²) in [6.45, 7) is 0. The molecule has 0 aromatic heterocycles. The third-order valence-corrected chi connectivity index (χ3v) is 4.28. The lowest BCUT2D eigenvalue weighted by Crippen LogP contribution is -2.02. The molecule has 4 heteroatoms. The van der Waals surface area contributed by atoms with E-state index in [0.29, 0.717) is 11.1 Å². The van der Waals surface area contributed by atoms with Crippen LogP contribution in [-0.2, 0) is 0 Å². The van der Waals surface area contributed by atoms with Crippen LogP contribution in [0.15, 0.2) is 59.1 Å². The molecule has 0 aliphatic carbocycles. The predicted molar refractivity (Wildman–Crippen MR) is 86.5 cm³/mol. The van der Waals surface area contributed by atoms with Gasteiger partial charge in [-0.2, -0.15) is 0 Å². The Morgan fingerprint density at radius 1 is 1.00 bits per heavy atom. The summed E-state index contributed by atoms with van der Waals surface area (Å²) in [5.41, 5.74) is 0.936. The molecule has 0 aliphatic rings. The maximum absolute atomic E-state index is 13.2. The van der Waals surface area contributed by atoms with Gasteiger partial charge in [-0.25, -0.2) is 4.39 Å². The summed E-state index contributed by atoms with van der Waals surface area (Å²) >= 11 is 9.23. The average molecular weight is 364 g/mol. The maximum atomic E-state index is 13.2. The fraction of sp³-hybridized carbons (Fsp3) is 0. The molecule has 0 spiro atoms. The minimum absolute atomic E-state index is 0.0535. The first kappa shape index (κ1) is 14.2. The summed E-state index contributed by atoms with van der Waals surface area (Å²) in [6, 6.07) is 15.2. The number of carbonyl (C=O) groups is 1. The van der Waals surface area contributed by atoms with Crippen LogP contribution in [-0.4, -0.2) is 5.78 Å². The molecule has 0 atom stereocenters. The Bertz CT molecular complexity index is 861. The molecule has 0 saturated heterocycles.